The molecule has 1 N–H and O–H groups in total. The Morgan fingerprint density at radius 3 is 2.48 bits per heavy atom. The Labute approximate surface area is 141 Å². The van der Waals surface area contributed by atoms with Gasteiger partial charge in [-0.25, -0.2) is 0 Å². The average Bonchev–Trinajstić information content (AvgIpc) is 3.14. The molecule has 0 fully saturated rings. The third kappa shape index (κ3) is 4.44. The van der Waals surface area contributed by atoms with Crippen LogP contribution in [0.15, 0.2) is 72.1 Å². The number of aliphatic hydroxyl groups is 1. The lowest BCUT2D eigenvalue weighted by molar-refractivity contribution is 0.171. The lowest BCUT2D eigenvalue weighted by Crippen LogP contribution is -2.01. The van der Waals surface area contributed by atoms with E-state index in [-0.39, 0.29) is 0 Å². The Balaban J connectivity index is 1.61. The second-order valence-electron chi connectivity index (χ2n) is 5.45. The van der Waals surface area contributed by atoms with Crippen LogP contribution in [0.2, 0.25) is 0 Å². The van der Waals surface area contributed by atoms with Gasteiger partial charge >= 0.3 is 0 Å². The Bertz CT molecular complexity index is 708. The van der Waals surface area contributed by atoms with Crippen LogP contribution in [0.3, 0.4) is 0 Å². The first-order chi connectivity index (χ1) is 11.3. The minimum atomic E-state index is -0.405. The van der Waals surface area contributed by atoms with Crippen molar-refractivity contribution in [3.05, 3.63) is 88.1 Å². The molecule has 0 aliphatic heterocycles. The number of thiophene rings is 1. The highest BCUT2D eigenvalue weighted by Gasteiger charge is 2.11. The van der Waals surface area contributed by atoms with Gasteiger partial charge in [0.1, 0.15) is 12.4 Å². The van der Waals surface area contributed by atoms with Crippen LogP contribution in [0.4, 0.5) is 0 Å². The van der Waals surface area contributed by atoms with Crippen LogP contribution >= 0.6 is 11.3 Å². The molecule has 3 rings (SSSR count). The monoisotopic (exact) mass is 324 g/mol. The zero-order valence-electron chi connectivity index (χ0n) is 12.9. The molecule has 0 amide bonds. The van der Waals surface area contributed by atoms with Gasteiger partial charge in [0.25, 0.3) is 0 Å². The molecule has 2 nitrogen and oxygen atoms in total. The van der Waals surface area contributed by atoms with Crippen molar-refractivity contribution >= 4 is 11.3 Å². The maximum atomic E-state index is 10.2. The van der Waals surface area contributed by atoms with Gasteiger partial charge in [0.2, 0.25) is 0 Å². The van der Waals surface area contributed by atoms with E-state index in [0.29, 0.717) is 13.0 Å². The van der Waals surface area contributed by atoms with Crippen molar-refractivity contribution in [2.24, 2.45) is 0 Å². The molecule has 0 spiro atoms. The normalized spacial score (nSPS) is 12.0. The first-order valence-corrected chi connectivity index (χ1v) is 8.67. The van der Waals surface area contributed by atoms with E-state index in [9.17, 15) is 5.11 Å². The summed E-state index contributed by atoms with van der Waals surface area (Å²) in [6, 6.07) is 22.2. The maximum absolute atomic E-state index is 10.2. The summed E-state index contributed by atoms with van der Waals surface area (Å²) >= 11 is 1.60. The molecule has 0 bridgehead atoms. The molecule has 3 aromatic rings. The fraction of sp³-hybridized carbons (Fsp3) is 0.200. The van der Waals surface area contributed by atoms with Crippen LogP contribution in [-0.2, 0) is 13.0 Å². The lowest BCUT2D eigenvalue weighted by Gasteiger charge is -2.13. The molecule has 3 heteroatoms. The minimum absolute atomic E-state index is 0.405. The fourth-order valence-electron chi connectivity index (χ4n) is 2.50. The SMILES string of the molecule is OC(CCc1ccccc1OCc1ccccc1)c1cccs1. The van der Waals surface area contributed by atoms with Gasteiger partial charge in [0.05, 0.1) is 6.10 Å². The summed E-state index contributed by atoms with van der Waals surface area (Å²) in [5.41, 5.74) is 2.29. The van der Waals surface area contributed by atoms with Crippen LogP contribution in [-0.4, -0.2) is 5.11 Å². The van der Waals surface area contributed by atoms with Gasteiger partial charge in [0, 0.05) is 4.88 Å². The van der Waals surface area contributed by atoms with E-state index in [0.717, 1.165) is 28.2 Å². The van der Waals surface area contributed by atoms with Gasteiger partial charge in [-0.15, -0.1) is 11.3 Å². The predicted molar refractivity (Wildman–Crippen MR) is 94.8 cm³/mol. The number of para-hydroxylation sites is 1. The molecule has 1 atom stereocenters. The van der Waals surface area contributed by atoms with Crippen LogP contribution in [0.1, 0.15) is 28.5 Å². The molecule has 1 aromatic heterocycles. The summed E-state index contributed by atoms with van der Waals surface area (Å²) in [6.07, 6.45) is 1.09. The summed E-state index contributed by atoms with van der Waals surface area (Å²) in [5.74, 6) is 0.898. The van der Waals surface area contributed by atoms with Crippen molar-refractivity contribution in [1.29, 1.82) is 0 Å². The number of rotatable bonds is 7. The summed E-state index contributed by atoms with van der Waals surface area (Å²) < 4.78 is 5.97. The summed E-state index contributed by atoms with van der Waals surface area (Å²) in [7, 11) is 0. The fourth-order valence-corrected chi connectivity index (χ4v) is 3.25. The third-order valence-electron chi connectivity index (χ3n) is 3.77. The van der Waals surface area contributed by atoms with Crippen molar-refractivity contribution in [2.45, 2.75) is 25.6 Å². The third-order valence-corrected chi connectivity index (χ3v) is 4.74. The van der Waals surface area contributed by atoms with Gasteiger partial charge in [-0.05, 0) is 41.5 Å². The second kappa shape index (κ2) is 7.95. The van der Waals surface area contributed by atoms with E-state index >= 15 is 0 Å². The molecule has 0 saturated carbocycles. The standard InChI is InChI=1S/C20H20O2S/c21-18(20-11-6-14-23-20)13-12-17-9-4-5-10-19(17)22-15-16-7-2-1-3-8-16/h1-11,14,18,21H,12-13,15H2. The Kier molecular flexibility index (Phi) is 5.46. The molecule has 2 aromatic carbocycles. The topological polar surface area (TPSA) is 29.5 Å². The molecule has 1 unspecified atom stereocenters. The molecule has 0 aliphatic rings. The highest BCUT2D eigenvalue weighted by Crippen LogP contribution is 2.26. The smallest absolute Gasteiger partial charge is 0.122 e. The van der Waals surface area contributed by atoms with Crippen molar-refractivity contribution in [3.8, 4) is 5.75 Å². The highest BCUT2D eigenvalue weighted by atomic mass is 32.1. The first-order valence-electron chi connectivity index (χ1n) is 7.79. The number of benzene rings is 2. The van der Waals surface area contributed by atoms with Crippen LogP contribution in [0, 0.1) is 0 Å². The molecule has 0 aliphatic carbocycles. The van der Waals surface area contributed by atoms with Gasteiger partial charge < -0.3 is 9.84 Å². The number of aryl methyl sites for hydroxylation is 1. The summed E-state index contributed by atoms with van der Waals surface area (Å²) in [6.45, 7) is 0.561. The van der Waals surface area contributed by atoms with E-state index in [1.54, 1.807) is 11.3 Å². The first kappa shape index (κ1) is 15.8. The van der Waals surface area contributed by atoms with E-state index in [1.165, 1.54) is 0 Å². The van der Waals surface area contributed by atoms with E-state index in [1.807, 2.05) is 53.9 Å². The Hall–Kier alpha value is -2.10. The number of ether oxygens (including phenoxy) is 1. The Morgan fingerprint density at radius 1 is 0.913 bits per heavy atom. The minimum Gasteiger partial charge on any atom is -0.489 e. The van der Waals surface area contributed by atoms with Gasteiger partial charge in [-0.1, -0.05) is 54.6 Å². The number of hydrogen-bond acceptors (Lipinski definition) is 3. The van der Waals surface area contributed by atoms with Crippen molar-refractivity contribution < 1.29 is 9.84 Å². The molecular formula is C20H20O2S. The molecule has 118 valence electrons. The van der Waals surface area contributed by atoms with Crippen LogP contribution in [0.5, 0.6) is 5.75 Å². The number of hydrogen-bond donors (Lipinski definition) is 1. The van der Waals surface area contributed by atoms with E-state index in [4.69, 9.17) is 4.74 Å². The largest absolute Gasteiger partial charge is 0.489 e. The van der Waals surface area contributed by atoms with Crippen LogP contribution in [0.25, 0.3) is 0 Å². The predicted octanol–water partition coefficient (Wildman–Crippen LogP) is 4.99. The van der Waals surface area contributed by atoms with E-state index in [2.05, 4.69) is 18.2 Å². The zero-order valence-corrected chi connectivity index (χ0v) is 13.7. The molecular weight excluding hydrogens is 304 g/mol. The lowest BCUT2D eigenvalue weighted by atomic mass is 10.0. The maximum Gasteiger partial charge on any atom is 0.122 e. The van der Waals surface area contributed by atoms with Gasteiger partial charge in [0.15, 0.2) is 0 Å². The quantitative estimate of drug-likeness (QED) is 0.663. The zero-order chi connectivity index (χ0) is 15.9. The number of aliphatic hydroxyl groups excluding tert-OH is 1. The summed E-state index contributed by atoms with van der Waals surface area (Å²) in [5, 5.41) is 12.2. The van der Waals surface area contributed by atoms with Crippen LogP contribution < -0.4 is 4.74 Å². The second-order valence-corrected chi connectivity index (χ2v) is 6.43. The van der Waals surface area contributed by atoms with Crippen molar-refractivity contribution in [1.82, 2.24) is 0 Å². The van der Waals surface area contributed by atoms with E-state index < -0.39 is 6.10 Å². The van der Waals surface area contributed by atoms with Gasteiger partial charge in [-0.2, -0.15) is 0 Å². The highest BCUT2D eigenvalue weighted by molar-refractivity contribution is 7.10. The van der Waals surface area contributed by atoms with Gasteiger partial charge in [-0.3, -0.25) is 0 Å². The molecule has 1 heterocycles. The van der Waals surface area contributed by atoms with Crippen molar-refractivity contribution in [3.63, 3.8) is 0 Å². The average molecular weight is 324 g/mol. The molecule has 0 radical (unpaired) electrons. The molecule has 23 heavy (non-hydrogen) atoms. The Morgan fingerprint density at radius 2 is 1.70 bits per heavy atom. The van der Waals surface area contributed by atoms with Crippen molar-refractivity contribution in [2.75, 3.05) is 0 Å². The molecule has 0 saturated heterocycles. The summed E-state index contributed by atoms with van der Waals surface area (Å²) in [4.78, 5) is 1.02.